The van der Waals surface area contributed by atoms with Crippen molar-refractivity contribution >= 4 is 5.69 Å². The van der Waals surface area contributed by atoms with Crippen molar-refractivity contribution in [1.29, 1.82) is 0 Å². The smallest absolute Gasteiger partial charge is 0.194 e. The molecule has 0 radical (unpaired) electrons. The minimum atomic E-state index is -0.275. The highest BCUT2D eigenvalue weighted by Gasteiger charge is 2.82. The molecule has 4 nitrogen and oxygen atoms in total. The fourth-order valence-electron chi connectivity index (χ4n) is 10.5. The van der Waals surface area contributed by atoms with E-state index in [0.29, 0.717) is 35.9 Å². The van der Waals surface area contributed by atoms with Crippen molar-refractivity contribution in [2.24, 2.45) is 17.8 Å². The molecule has 6 aliphatic rings. The number of nitrogens with zero attached hydrogens (tertiary/aromatic N) is 2. The Morgan fingerprint density at radius 3 is 2.34 bits per heavy atom. The van der Waals surface area contributed by atoms with E-state index in [1.165, 1.54) is 75.5 Å². The molecule has 4 unspecified atom stereocenters. The van der Waals surface area contributed by atoms with Gasteiger partial charge in [-0.05, 0) is 36.8 Å². The largest absolute Gasteiger partial charge is 0.392 e. The Morgan fingerprint density at radius 2 is 1.63 bits per heavy atom. The molecule has 7 rings (SSSR count). The summed E-state index contributed by atoms with van der Waals surface area (Å²) in [5.74, 6) is 1.17. The number of hydrogen-bond donors (Lipinski definition) is 2. The third-order valence-electron chi connectivity index (χ3n) is 11.8. The van der Waals surface area contributed by atoms with Crippen molar-refractivity contribution in [2.45, 2.75) is 127 Å². The minimum Gasteiger partial charge on any atom is -0.392 e. The molecule has 5 fully saturated rings. The second kappa shape index (κ2) is 9.03. The average molecular weight is 482 g/mol. The third-order valence-corrected chi connectivity index (χ3v) is 11.8. The van der Waals surface area contributed by atoms with Crippen LogP contribution >= 0.6 is 0 Å². The number of fused-ring (bicyclic) bond motifs is 2. The van der Waals surface area contributed by atoms with Gasteiger partial charge in [0.15, 0.2) is 6.23 Å². The number of anilines is 1. The van der Waals surface area contributed by atoms with E-state index >= 15 is 0 Å². The zero-order valence-electron chi connectivity index (χ0n) is 22.4. The Morgan fingerprint density at radius 1 is 0.943 bits per heavy atom. The molecule has 10 atom stereocenters. The van der Waals surface area contributed by atoms with Crippen molar-refractivity contribution in [2.75, 3.05) is 18.5 Å². The van der Waals surface area contributed by atoms with Gasteiger partial charge in [0.05, 0.1) is 30.1 Å². The Balaban J connectivity index is 1.26. The summed E-state index contributed by atoms with van der Waals surface area (Å²) in [4.78, 5) is 2.52. The van der Waals surface area contributed by atoms with Gasteiger partial charge in [-0.2, -0.15) is 0 Å². The van der Waals surface area contributed by atoms with Crippen molar-refractivity contribution in [3.8, 4) is 0 Å². The maximum absolute atomic E-state index is 12.2. The third kappa shape index (κ3) is 3.09. The van der Waals surface area contributed by atoms with Gasteiger partial charge in [0, 0.05) is 37.4 Å². The van der Waals surface area contributed by atoms with Crippen LogP contribution in [0.5, 0.6) is 0 Å². The lowest BCUT2D eigenvalue weighted by Gasteiger charge is -2.68. The average Bonchev–Trinajstić information content (AvgIpc) is 3.26. The number of likely N-dealkylation sites (N-methyl/N-ethyl adjacent to an activating group) is 1. The quantitative estimate of drug-likeness (QED) is 0.319. The van der Waals surface area contributed by atoms with Crippen molar-refractivity contribution < 1.29 is 14.7 Å². The molecule has 5 bridgehead atoms. The molecule has 1 aromatic carbocycles. The SMILES string of the molecule is CCCCCCCCCCC[N+]12C3C[C@@H](C4C(O)[C@]5(C[C@@H]41)c1ccccc1N(C)[C@@H]35)[C@H](CC)[C@H]2O. The number of aliphatic hydroxyl groups is 2. The van der Waals surface area contributed by atoms with Gasteiger partial charge in [-0.3, -0.25) is 4.48 Å². The number of quaternary nitrogens is 1. The number of para-hydroxylation sites is 1. The highest BCUT2D eigenvalue weighted by Crippen LogP contribution is 2.71. The molecule has 5 heterocycles. The maximum atomic E-state index is 12.2. The van der Waals surface area contributed by atoms with Crippen LogP contribution in [0.15, 0.2) is 24.3 Å². The predicted molar refractivity (Wildman–Crippen MR) is 142 cm³/mol. The molecule has 1 aliphatic carbocycles. The van der Waals surface area contributed by atoms with Gasteiger partial charge in [0.1, 0.15) is 6.04 Å². The van der Waals surface area contributed by atoms with E-state index in [4.69, 9.17) is 0 Å². The Bertz CT molecular complexity index is 921. The minimum absolute atomic E-state index is 0.136. The van der Waals surface area contributed by atoms with Gasteiger partial charge in [0.25, 0.3) is 0 Å². The summed E-state index contributed by atoms with van der Waals surface area (Å²) in [7, 11) is 2.27. The molecule has 35 heavy (non-hydrogen) atoms. The Labute approximate surface area is 213 Å². The number of benzene rings is 1. The molecule has 1 saturated carbocycles. The van der Waals surface area contributed by atoms with Crippen LogP contribution in [0.25, 0.3) is 0 Å². The van der Waals surface area contributed by atoms with Crippen LogP contribution < -0.4 is 4.90 Å². The summed E-state index contributed by atoms with van der Waals surface area (Å²) in [5, 5.41) is 24.2. The van der Waals surface area contributed by atoms with Crippen LogP contribution in [0, 0.1) is 17.8 Å². The molecule has 194 valence electrons. The normalized spacial score (nSPS) is 44.2. The highest BCUT2D eigenvalue weighted by molar-refractivity contribution is 5.66. The van der Waals surface area contributed by atoms with Gasteiger partial charge in [-0.15, -0.1) is 0 Å². The van der Waals surface area contributed by atoms with Gasteiger partial charge in [-0.1, -0.05) is 77.0 Å². The predicted octanol–water partition coefficient (Wildman–Crippen LogP) is 5.60. The number of hydrogen-bond acceptors (Lipinski definition) is 3. The molecule has 4 saturated heterocycles. The van der Waals surface area contributed by atoms with Gasteiger partial charge < -0.3 is 15.1 Å². The number of piperidine rings is 4. The highest BCUT2D eigenvalue weighted by atomic mass is 16.3. The fourth-order valence-corrected chi connectivity index (χ4v) is 10.5. The van der Waals surface area contributed by atoms with Crippen LogP contribution in [-0.4, -0.2) is 58.7 Å². The van der Waals surface area contributed by atoms with Gasteiger partial charge >= 0.3 is 0 Å². The molecule has 1 aromatic rings. The van der Waals surface area contributed by atoms with E-state index in [9.17, 15) is 10.2 Å². The molecular weight excluding hydrogens is 432 g/mol. The van der Waals surface area contributed by atoms with Crippen molar-refractivity contribution in [3.05, 3.63) is 29.8 Å². The second-order valence-electron chi connectivity index (χ2n) is 12.9. The van der Waals surface area contributed by atoms with Crippen molar-refractivity contribution in [3.63, 3.8) is 0 Å². The van der Waals surface area contributed by atoms with Crippen LogP contribution in [-0.2, 0) is 5.41 Å². The fraction of sp³-hybridized carbons (Fsp3) is 0.806. The Hall–Kier alpha value is -1.10. The zero-order valence-corrected chi connectivity index (χ0v) is 22.4. The summed E-state index contributed by atoms with van der Waals surface area (Å²) in [6, 6.07) is 10.1. The lowest BCUT2D eigenvalue weighted by Crippen LogP contribution is -2.83. The Kier molecular flexibility index (Phi) is 6.25. The van der Waals surface area contributed by atoms with Crippen LogP contribution in [0.1, 0.15) is 96.5 Å². The summed E-state index contributed by atoms with van der Waals surface area (Å²) >= 11 is 0. The van der Waals surface area contributed by atoms with E-state index in [-0.39, 0.29) is 17.7 Å². The molecule has 4 heteroatoms. The molecule has 0 amide bonds. The first-order chi connectivity index (χ1) is 17.0. The summed E-state index contributed by atoms with van der Waals surface area (Å²) in [6.45, 7) is 5.66. The standard InChI is InChI=1S/C31H49N2O2/c1-4-6-7-8-9-10-11-12-15-18-33-25-19-22(21(5-2)30(33)35)27-26(33)20-31(29(27)34)23-16-13-14-17-24(23)32(3)28(25)31/h13-14,16-17,21-22,25-30,34-35H,4-12,15,18-20H2,1-3H3/q+1/t21-,22+,25?,26-,27?,28-,29?,30+,31+,33?/m0/s1. The lowest BCUT2D eigenvalue weighted by molar-refractivity contribution is -1.04. The molecular formula is C31H49N2O2+. The van der Waals surface area contributed by atoms with Crippen LogP contribution in [0.3, 0.4) is 0 Å². The van der Waals surface area contributed by atoms with E-state index in [0.717, 1.165) is 23.9 Å². The second-order valence-corrected chi connectivity index (χ2v) is 12.9. The van der Waals surface area contributed by atoms with Gasteiger partial charge in [0.2, 0.25) is 0 Å². The first-order valence-corrected chi connectivity index (χ1v) is 15.1. The maximum Gasteiger partial charge on any atom is 0.194 e. The first kappa shape index (κ1) is 24.2. The van der Waals surface area contributed by atoms with Crippen molar-refractivity contribution in [1.82, 2.24) is 0 Å². The van der Waals surface area contributed by atoms with E-state index < -0.39 is 0 Å². The number of rotatable bonds is 11. The van der Waals surface area contributed by atoms with Crippen LogP contribution in [0.2, 0.25) is 0 Å². The topological polar surface area (TPSA) is 43.7 Å². The summed E-state index contributed by atoms with van der Waals surface area (Å²) < 4.78 is 0.901. The van der Waals surface area contributed by atoms with Crippen LogP contribution in [0.4, 0.5) is 5.69 Å². The van der Waals surface area contributed by atoms with Gasteiger partial charge in [-0.25, -0.2) is 0 Å². The van der Waals surface area contributed by atoms with E-state index in [1.54, 1.807) is 0 Å². The number of aliphatic hydroxyl groups excluding tert-OH is 2. The molecule has 2 N–H and O–H groups in total. The lowest BCUT2D eigenvalue weighted by atomic mass is 9.60. The summed E-state index contributed by atoms with van der Waals surface area (Å²) in [6.07, 6.45) is 14.9. The first-order valence-electron chi connectivity index (χ1n) is 15.1. The van der Waals surface area contributed by atoms with E-state index in [2.05, 4.69) is 50.1 Å². The van der Waals surface area contributed by atoms with E-state index in [1.807, 2.05) is 0 Å². The number of unbranched alkanes of at least 4 members (excludes halogenated alkanes) is 8. The monoisotopic (exact) mass is 481 g/mol. The summed E-state index contributed by atoms with van der Waals surface area (Å²) in [5.41, 5.74) is 2.58. The molecule has 5 aliphatic heterocycles. The zero-order chi connectivity index (χ0) is 24.4. The molecule has 0 aromatic heterocycles. The molecule has 1 spiro atoms.